The van der Waals surface area contributed by atoms with E-state index in [0.717, 1.165) is 17.1 Å². The molecule has 0 aliphatic rings. The molecule has 0 unspecified atom stereocenters. The van der Waals surface area contributed by atoms with Gasteiger partial charge >= 0.3 is 0 Å². The molecule has 7 heteroatoms. The summed E-state index contributed by atoms with van der Waals surface area (Å²) < 4.78 is 7.11. The van der Waals surface area contributed by atoms with E-state index in [2.05, 4.69) is 20.3 Å². The smallest absolute Gasteiger partial charge is 0.193 e. The number of guanidine groups is 1. The maximum Gasteiger partial charge on any atom is 0.193 e. The summed E-state index contributed by atoms with van der Waals surface area (Å²) >= 11 is 0. The predicted molar refractivity (Wildman–Crippen MR) is 93.3 cm³/mol. The number of rotatable bonds is 5. The molecule has 3 rings (SSSR count). The number of aliphatic imine (C=N–C) groups is 1. The van der Waals surface area contributed by atoms with Crippen molar-refractivity contribution >= 4 is 11.6 Å². The number of hydrogen-bond acceptors (Lipinski definition) is 4. The normalized spacial score (nSPS) is 11.3. The summed E-state index contributed by atoms with van der Waals surface area (Å²) in [6, 6.07) is 11.4. The summed E-state index contributed by atoms with van der Waals surface area (Å²) in [5.41, 5.74) is 7.73. The van der Waals surface area contributed by atoms with Crippen LogP contribution in [-0.4, -0.2) is 27.6 Å². The highest BCUT2D eigenvalue weighted by molar-refractivity contribution is 5.93. The second-order valence-corrected chi connectivity index (χ2v) is 5.02. The lowest BCUT2D eigenvalue weighted by atomic mass is 10.2. The molecule has 0 aliphatic carbocycles. The molecule has 0 saturated heterocycles. The second-order valence-electron chi connectivity index (χ2n) is 5.02. The molecule has 1 aromatic carbocycles. The quantitative estimate of drug-likeness (QED) is 0.555. The minimum Gasteiger partial charge on any atom is -0.495 e. The third-order valence-electron chi connectivity index (χ3n) is 3.38. The molecule has 3 N–H and O–H groups in total. The Morgan fingerprint density at radius 3 is 2.96 bits per heavy atom. The molecule has 122 valence electrons. The number of ether oxygens (including phenoxy) is 1. The van der Waals surface area contributed by atoms with Crippen LogP contribution >= 0.6 is 0 Å². The average molecular weight is 322 g/mol. The Hall–Kier alpha value is -3.35. The van der Waals surface area contributed by atoms with Gasteiger partial charge in [-0.3, -0.25) is 4.57 Å². The minimum atomic E-state index is 0.320. The number of nitrogens with zero attached hydrogens (tertiary/aromatic N) is 4. The van der Waals surface area contributed by atoms with Gasteiger partial charge in [0.25, 0.3) is 0 Å². The molecule has 0 atom stereocenters. The van der Waals surface area contributed by atoms with Crippen molar-refractivity contribution in [2.45, 2.75) is 6.54 Å². The zero-order valence-electron chi connectivity index (χ0n) is 13.3. The summed E-state index contributed by atoms with van der Waals surface area (Å²) in [5, 5.41) is 3.05. The SMILES string of the molecule is COc1ccccc1NC(N)=NCc1ccnc(-n2ccnc2)c1. The van der Waals surface area contributed by atoms with Crippen molar-refractivity contribution in [3.05, 3.63) is 66.9 Å². The molecule has 7 nitrogen and oxygen atoms in total. The summed E-state index contributed by atoms with van der Waals surface area (Å²) in [6.07, 6.45) is 6.99. The third-order valence-corrected chi connectivity index (χ3v) is 3.38. The molecule has 2 aromatic heterocycles. The van der Waals surface area contributed by atoms with E-state index in [-0.39, 0.29) is 0 Å². The number of aromatic nitrogens is 3. The lowest BCUT2D eigenvalue weighted by Crippen LogP contribution is -2.22. The molecule has 24 heavy (non-hydrogen) atoms. The predicted octanol–water partition coefficient (Wildman–Crippen LogP) is 2.20. The molecule has 2 heterocycles. The van der Waals surface area contributed by atoms with Crippen LogP contribution in [0.2, 0.25) is 0 Å². The van der Waals surface area contributed by atoms with Gasteiger partial charge in [0, 0.05) is 18.6 Å². The first kappa shape index (κ1) is 15.5. The molecular weight excluding hydrogens is 304 g/mol. The fourth-order valence-corrected chi connectivity index (χ4v) is 2.20. The van der Waals surface area contributed by atoms with E-state index >= 15 is 0 Å². The van der Waals surface area contributed by atoms with Crippen LogP contribution in [0.5, 0.6) is 5.75 Å². The van der Waals surface area contributed by atoms with Gasteiger partial charge in [-0.05, 0) is 29.8 Å². The van der Waals surface area contributed by atoms with Crippen LogP contribution in [-0.2, 0) is 6.54 Å². The summed E-state index contributed by atoms with van der Waals surface area (Å²) in [6.45, 7) is 0.443. The van der Waals surface area contributed by atoms with Gasteiger partial charge in [-0.2, -0.15) is 0 Å². The van der Waals surface area contributed by atoms with Crippen molar-refractivity contribution in [3.8, 4) is 11.6 Å². The number of pyridine rings is 1. The van der Waals surface area contributed by atoms with Gasteiger partial charge in [-0.15, -0.1) is 0 Å². The molecule has 0 radical (unpaired) electrons. The highest BCUT2D eigenvalue weighted by Crippen LogP contribution is 2.22. The van der Waals surface area contributed by atoms with Gasteiger partial charge < -0.3 is 15.8 Å². The first-order valence-electron chi connectivity index (χ1n) is 7.39. The van der Waals surface area contributed by atoms with E-state index in [9.17, 15) is 0 Å². The van der Waals surface area contributed by atoms with Crippen LogP contribution in [0, 0.1) is 0 Å². The van der Waals surface area contributed by atoms with Crippen molar-refractivity contribution in [1.29, 1.82) is 0 Å². The molecule has 0 aliphatic heterocycles. The highest BCUT2D eigenvalue weighted by Gasteiger charge is 2.03. The van der Waals surface area contributed by atoms with E-state index < -0.39 is 0 Å². The minimum absolute atomic E-state index is 0.320. The molecular formula is C17H18N6O. The number of nitrogens with two attached hydrogens (primary N) is 1. The number of imidazole rings is 1. The molecule has 3 aromatic rings. The lowest BCUT2D eigenvalue weighted by molar-refractivity contribution is 0.417. The zero-order chi connectivity index (χ0) is 16.8. The van der Waals surface area contributed by atoms with Crippen LogP contribution in [0.4, 0.5) is 5.69 Å². The largest absolute Gasteiger partial charge is 0.495 e. The lowest BCUT2D eigenvalue weighted by Gasteiger charge is -2.10. The Morgan fingerprint density at radius 2 is 2.17 bits per heavy atom. The van der Waals surface area contributed by atoms with E-state index in [4.69, 9.17) is 10.5 Å². The standard InChI is InChI=1S/C17H18N6O/c1-24-15-5-3-2-4-14(15)22-17(18)21-11-13-6-7-20-16(10-13)23-9-8-19-12-23/h2-10,12H,11H2,1H3,(H3,18,21,22). The topological polar surface area (TPSA) is 90.4 Å². The Labute approximate surface area is 139 Å². The van der Waals surface area contributed by atoms with Crippen LogP contribution in [0.25, 0.3) is 5.82 Å². The summed E-state index contributed by atoms with van der Waals surface area (Å²) in [5.74, 6) is 1.82. The number of nitrogens with one attached hydrogen (secondary N) is 1. The first-order chi connectivity index (χ1) is 11.8. The Bertz CT molecular complexity index is 829. The van der Waals surface area contributed by atoms with E-state index in [1.54, 1.807) is 25.8 Å². The van der Waals surface area contributed by atoms with Crippen molar-refractivity contribution in [1.82, 2.24) is 14.5 Å². The number of para-hydroxylation sites is 2. The van der Waals surface area contributed by atoms with Crippen LogP contribution in [0.15, 0.2) is 66.3 Å². The number of benzene rings is 1. The maximum absolute atomic E-state index is 5.96. The van der Waals surface area contributed by atoms with Gasteiger partial charge in [-0.1, -0.05) is 12.1 Å². The highest BCUT2D eigenvalue weighted by atomic mass is 16.5. The van der Waals surface area contributed by atoms with Crippen LogP contribution in [0.3, 0.4) is 0 Å². The van der Waals surface area contributed by atoms with Crippen molar-refractivity contribution in [2.75, 3.05) is 12.4 Å². The molecule has 0 amide bonds. The Kier molecular flexibility index (Phi) is 4.71. The fraction of sp³-hybridized carbons (Fsp3) is 0.118. The van der Waals surface area contributed by atoms with E-state index in [1.165, 1.54) is 0 Å². The molecule has 0 bridgehead atoms. The molecule has 0 fully saturated rings. The number of methoxy groups -OCH3 is 1. The zero-order valence-corrected chi connectivity index (χ0v) is 13.3. The Morgan fingerprint density at radius 1 is 1.29 bits per heavy atom. The third kappa shape index (κ3) is 3.70. The van der Waals surface area contributed by atoms with Gasteiger partial charge in [0.05, 0.1) is 19.3 Å². The van der Waals surface area contributed by atoms with Crippen LogP contribution in [0.1, 0.15) is 5.56 Å². The van der Waals surface area contributed by atoms with Gasteiger partial charge in [-0.25, -0.2) is 15.0 Å². The maximum atomic E-state index is 5.96. The van der Waals surface area contributed by atoms with E-state index in [1.807, 2.05) is 47.2 Å². The Balaban J connectivity index is 1.70. The van der Waals surface area contributed by atoms with Gasteiger partial charge in [0.2, 0.25) is 0 Å². The second kappa shape index (κ2) is 7.28. The molecule has 0 spiro atoms. The number of hydrogen-bond donors (Lipinski definition) is 2. The van der Waals surface area contributed by atoms with E-state index in [0.29, 0.717) is 18.3 Å². The van der Waals surface area contributed by atoms with Crippen molar-refractivity contribution in [3.63, 3.8) is 0 Å². The average Bonchev–Trinajstić information content (AvgIpc) is 3.15. The summed E-state index contributed by atoms with van der Waals surface area (Å²) in [4.78, 5) is 12.7. The fourth-order valence-electron chi connectivity index (χ4n) is 2.20. The number of anilines is 1. The molecule has 0 saturated carbocycles. The van der Waals surface area contributed by atoms with Crippen molar-refractivity contribution in [2.24, 2.45) is 10.7 Å². The van der Waals surface area contributed by atoms with Gasteiger partial charge in [0.1, 0.15) is 17.9 Å². The summed E-state index contributed by atoms with van der Waals surface area (Å²) in [7, 11) is 1.61. The van der Waals surface area contributed by atoms with Gasteiger partial charge in [0.15, 0.2) is 5.96 Å². The van der Waals surface area contributed by atoms with Crippen LogP contribution < -0.4 is 15.8 Å². The monoisotopic (exact) mass is 322 g/mol. The van der Waals surface area contributed by atoms with Crippen molar-refractivity contribution < 1.29 is 4.74 Å². The first-order valence-corrected chi connectivity index (χ1v) is 7.39.